The van der Waals surface area contributed by atoms with Crippen LogP contribution < -0.4 is 11.1 Å². The lowest BCUT2D eigenvalue weighted by molar-refractivity contribution is -0.120. The SMILES string of the molecule is CCn1ncc([C@@H](C(=O)Nc2ccc(-c3c(C)nn(COCC[Si](C)(C)C)c3C)c(Cl)n2)C(C2CCCCC2)C2CCCCC2)c1C(N)=O. The Kier molecular flexibility index (Phi) is 12.4. The molecule has 0 aromatic carbocycles. The molecule has 3 aromatic heterocycles. The molecular formula is C37H56ClN7O3Si. The summed E-state index contributed by atoms with van der Waals surface area (Å²) < 4.78 is 9.47. The highest BCUT2D eigenvalue weighted by Crippen LogP contribution is 2.48. The monoisotopic (exact) mass is 709 g/mol. The number of carbonyl (C=O) groups excluding carboxylic acids is 2. The number of ether oxygens (including phenoxy) is 1. The molecule has 2 saturated carbocycles. The molecule has 3 heterocycles. The summed E-state index contributed by atoms with van der Waals surface area (Å²) in [5, 5.41) is 12.7. The highest BCUT2D eigenvalue weighted by Gasteiger charge is 2.43. The fraction of sp³-hybridized carbons (Fsp3) is 0.649. The van der Waals surface area contributed by atoms with Gasteiger partial charge < -0.3 is 15.8 Å². The molecule has 2 amide bonds. The molecule has 2 aliphatic rings. The minimum absolute atomic E-state index is 0.0760. The predicted octanol–water partition coefficient (Wildman–Crippen LogP) is 8.34. The van der Waals surface area contributed by atoms with E-state index < -0.39 is 19.9 Å². The number of carbonyl (C=O) groups is 2. The van der Waals surface area contributed by atoms with Gasteiger partial charge in [0.15, 0.2) is 0 Å². The highest BCUT2D eigenvalue weighted by molar-refractivity contribution is 6.76. The Morgan fingerprint density at radius 1 is 1.02 bits per heavy atom. The summed E-state index contributed by atoms with van der Waals surface area (Å²) in [7, 11) is -1.19. The van der Waals surface area contributed by atoms with E-state index in [0.717, 1.165) is 79.9 Å². The second kappa shape index (κ2) is 16.3. The van der Waals surface area contributed by atoms with Crippen LogP contribution in [0.2, 0.25) is 30.8 Å². The van der Waals surface area contributed by atoms with Crippen molar-refractivity contribution in [1.82, 2.24) is 24.5 Å². The Labute approximate surface area is 297 Å². The van der Waals surface area contributed by atoms with E-state index in [1.165, 1.54) is 12.8 Å². The van der Waals surface area contributed by atoms with Gasteiger partial charge in [-0.25, -0.2) is 9.67 Å². The van der Waals surface area contributed by atoms with Crippen LogP contribution >= 0.6 is 11.6 Å². The first-order valence-corrected chi connectivity index (χ1v) is 22.4. The first-order valence-electron chi connectivity index (χ1n) is 18.3. The third-order valence-corrected chi connectivity index (χ3v) is 12.7. The quantitative estimate of drug-likeness (QED) is 0.0983. The molecule has 268 valence electrons. The van der Waals surface area contributed by atoms with Crippen molar-refractivity contribution in [3.63, 3.8) is 0 Å². The van der Waals surface area contributed by atoms with E-state index in [-0.39, 0.29) is 17.0 Å². The molecule has 0 radical (unpaired) electrons. The van der Waals surface area contributed by atoms with E-state index in [0.29, 0.717) is 48.8 Å². The van der Waals surface area contributed by atoms with Crippen molar-refractivity contribution < 1.29 is 14.3 Å². The van der Waals surface area contributed by atoms with E-state index >= 15 is 0 Å². The number of hydrogen-bond acceptors (Lipinski definition) is 6. The number of aromatic nitrogens is 5. The van der Waals surface area contributed by atoms with Gasteiger partial charge in [-0.15, -0.1) is 0 Å². The zero-order chi connectivity index (χ0) is 35.3. The van der Waals surface area contributed by atoms with Gasteiger partial charge in [-0.2, -0.15) is 10.2 Å². The van der Waals surface area contributed by atoms with Crippen LogP contribution in [0.25, 0.3) is 11.1 Å². The molecule has 12 heteroatoms. The van der Waals surface area contributed by atoms with Crippen LogP contribution in [0.15, 0.2) is 18.3 Å². The number of anilines is 1. The summed E-state index contributed by atoms with van der Waals surface area (Å²) in [5.41, 5.74) is 10.4. The molecule has 3 aromatic rings. The number of primary amides is 1. The predicted molar refractivity (Wildman–Crippen MR) is 198 cm³/mol. The van der Waals surface area contributed by atoms with Crippen molar-refractivity contribution in [1.29, 1.82) is 0 Å². The first-order chi connectivity index (χ1) is 23.4. The third-order valence-electron chi connectivity index (χ3n) is 10.8. The summed E-state index contributed by atoms with van der Waals surface area (Å²) in [6.07, 6.45) is 13.2. The number of amides is 2. The average Bonchev–Trinajstić information content (AvgIpc) is 3.62. The molecule has 0 saturated heterocycles. The van der Waals surface area contributed by atoms with Crippen molar-refractivity contribution in [3.05, 3.63) is 46.1 Å². The fourth-order valence-electron chi connectivity index (χ4n) is 8.26. The van der Waals surface area contributed by atoms with Crippen LogP contribution in [-0.4, -0.2) is 51.0 Å². The molecule has 5 rings (SSSR count). The number of nitrogens with zero attached hydrogens (tertiary/aromatic N) is 5. The Bertz CT molecular complexity index is 1580. The molecule has 0 unspecified atom stereocenters. The lowest BCUT2D eigenvalue weighted by Gasteiger charge is -2.41. The lowest BCUT2D eigenvalue weighted by atomic mass is 9.63. The number of rotatable bonds is 14. The standard InChI is InChI=1S/C37H56ClN7O3Si/c1-7-44-34(36(39)46)29(22-40-44)33(32(26-14-10-8-11-15-26)27-16-12-9-13-17-27)37(47)42-30-19-18-28(35(38)41-30)31-24(2)43-45(25(31)3)23-48-20-21-49(4,5)6/h18-19,22,26-27,32-33H,7-17,20-21,23H2,1-6H3,(H2,39,46)(H,41,42,47)/t33-/m1/s1. The van der Waals surface area contributed by atoms with Gasteiger partial charge in [0.1, 0.15) is 23.4 Å². The molecule has 49 heavy (non-hydrogen) atoms. The van der Waals surface area contributed by atoms with Crippen molar-refractivity contribution in [3.8, 4) is 11.1 Å². The van der Waals surface area contributed by atoms with Gasteiger partial charge in [-0.05, 0) is 56.7 Å². The lowest BCUT2D eigenvalue weighted by Crippen LogP contribution is -2.39. The second-order valence-corrected chi connectivity index (χ2v) is 21.4. The van der Waals surface area contributed by atoms with Gasteiger partial charge in [-0.1, -0.05) is 95.5 Å². The maximum Gasteiger partial charge on any atom is 0.267 e. The second-order valence-electron chi connectivity index (χ2n) is 15.4. The van der Waals surface area contributed by atoms with Crippen LogP contribution in [0.5, 0.6) is 0 Å². The third kappa shape index (κ3) is 8.83. The Morgan fingerprint density at radius 2 is 1.65 bits per heavy atom. The minimum Gasteiger partial charge on any atom is -0.364 e. The molecule has 10 nitrogen and oxygen atoms in total. The van der Waals surface area contributed by atoms with Crippen LogP contribution in [0.4, 0.5) is 5.82 Å². The van der Waals surface area contributed by atoms with Crippen LogP contribution in [0.3, 0.4) is 0 Å². The molecular weight excluding hydrogens is 654 g/mol. The topological polar surface area (TPSA) is 130 Å². The summed E-state index contributed by atoms with van der Waals surface area (Å²) in [5.74, 6) is -0.109. The van der Waals surface area contributed by atoms with Crippen LogP contribution in [0.1, 0.15) is 104 Å². The average molecular weight is 710 g/mol. The van der Waals surface area contributed by atoms with E-state index in [1.54, 1.807) is 16.9 Å². The number of nitrogens with one attached hydrogen (secondary N) is 1. The molecule has 3 N–H and O–H groups in total. The van der Waals surface area contributed by atoms with Crippen LogP contribution in [0, 0.1) is 31.6 Å². The van der Waals surface area contributed by atoms with Crippen molar-refractivity contribution >= 4 is 37.3 Å². The van der Waals surface area contributed by atoms with Crippen molar-refractivity contribution in [2.45, 2.75) is 130 Å². The van der Waals surface area contributed by atoms with E-state index in [2.05, 4.69) is 35.0 Å². The Morgan fingerprint density at radius 3 is 2.20 bits per heavy atom. The molecule has 2 fully saturated rings. The summed E-state index contributed by atoms with van der Waals surface area (Å²) in [6, 6.07) is 4.80. The Hall–Kier alpha value is -3.02. The van der Waals surface area contributed by atoms with Gasteiger partial charge >= 0.3 is 0 Å². The van der Waals surface area contributed by atoms with Crippen LogP contribution in [-0.2, 0) is 22.8 Å². The molecule has 2 aliphatic carbocycles. The summed E-state index contributed by atoms with van der Waals surface area (Å²) in [6.45, 7) is 14.5. The zero-order valence-electron chi connectivity index (χ0n) is 30.4. The van der Waals surface area contributed by atoms with Gasteiger partial charge in [-0.3, -0.25) is 14.3 Å². The minimum atomic E-state index is -1.19. The number of halogens is 1. The molecule has 1 atom stereocenters. The fourth-order valence-corrected chi connectivity index (χ4v) is 9.27. The van der Waals surface area contributed by atoms with Crippen molar-refractivity contribution in [2.75, 3.05) is 11.9 Å². The zero-order valence-corrected chi connectivity index (χ0v) is 32.1. The molecule has 0 aliphatic heterocycles. The highest BCUT2D eigenvalue weighted by atomic mass is 35.5. The van der Waals surface area contributed by atoms with E-state index in [9.17, 15) is 9.59 Å². The largest absolute Gasteiger partial charge is 0.364 e. The Balaban J connectivity index is 1.45. The number of hydrogen-bond donors (Lipinski definition) is 2. The number of nitrogens with two attached hydrogens (primary N) is 1. The van der Waals surface area contributed by atoms with Gasteiger partial charge in [0.2, 0.25) is 5.91 Å². The van der Waals surface area contributed by atoms with E-state index in [1.807, 2.05) is 31.5 Å². The molecule has 0 spiro atoms. The molecule has 0 bridgehead atoms. The van der Waals surface area contributed by atoms with Crippen molar-refractivity contribution in [2.24, 2.45) is 23.5 Å². The number of aryl methyl sites for hydroxylation is 2. The smallest absolute Gasteiger partial charge is 0.267 e. The normalized spacial score (nSPS) is 17.1. The maximum absolute atomic E-state index is 14.7. The summed E-state index contributed by atoms with van der Waals surface area (Å²) >= 11 is 6.87. The summed E-state index contributed by atoms with van der Waals surface area (Å²) in [4.78, 5) is 32.2. The van der Waals surface area contributed by atoms with Gasteiger partial charge in [0, 0.05) is 43.6 Å². The maximum atomic E-state index is 14.7. The first kappa shape index (κ1) is 37.2. The van der Waals surface area contributed by atoms with E-state index in [4.69, 9.17) is 27.2 Å². The number of pyridine rings is 1. The van der Waals surface area contributed by atoms with Gasteiger partial charge in [0.05, 0.1) is 17.8 Å². The van der Waals surface area contributed by atoms with Gasteiger partial charge in [0.25, 0.3) is 5.91 Å².